The van der Waals surface area contributed by atoms with Crippen molar-refractivity contribution >= 4 is 22.9 Å². The van der Waals surface area contributed by atoms with Gasteiger partial charge in [-0.15, -0.1) is 0 Å². The lowest BCUT2D eigenvalue weighted by molar-refractivity contribution is -0.143. The summed E-state index contributed by atoms with van der Waals surface area (Å²) in [7, 11) is 0. The summed E-state index contributed by atoms with van der Waals surface area (Å²) < 4.78 is 5.11. The molecular formula is C20H20ClNO3. The predicted molar refractivity (Wildman–Crippen MR) is 98.5 cm³/mol. The van der Waals surface area contributed by atoms with Crippen molar-refractivity contribution in [3.8, 4) is 0 Å². The molecule has 0 fully saturated rings. The summed E-state index contributed by atoms with van der Waals surface area (Å²) in [5.41, 5.74) is 1.73. The topological polar surface area (TPSA) is 46.6 Å². The van der Waals surface area contributed by atoms with E-state index in [4.69, 9.17) is 16.3 Å². The van der Waals surface area contributed by atoms with E-state index in [0.29, 0.717) is 0 Å². The maximum atomic E-state index is 12.1. The summed E-state index contributed by atoms with van der Waals surface area (Å²) in [5, 5.41) is -0.708. The normalized spacial score (nSPS) is 10.8. The van der Waals surface area contributed by atoms with Gasteiger partial charge in [0, 0.05) is 0 Å². The highest BCUT2D eigenvalue weighted by Crippen LogP contribution is 2.29. The van der Waals surface area contributed by atoms with Crippen molar-refractivity contribution in [3.63, 3.8) is 0 Å². The van der Waals surface area contributed by atoms with Crippen LogP contribution in [0.2, 0.25) is 0 Å². The van der Waals surface area contributed by atoms with Gasteiger partial charge in [-0.2, -0.15) is 0 Å². The Balaban J connectivity index is 2.32. The molecule has 25 heavy (non-hydrogen) atoms. The van der Waals surface area contributed by atoms with Crippen LogP contribution in [0.1, 0.15) is 24.1 Å². The van der Waals surface area contributed by atoms with Gasteiger partial charge in [-0.1, -0.05) is 72.8 Å². The van der Waals surface area contributed by atoms with Crippen LogP contribution in [0.3, 0.4) is 0 Å². The monoisotopic (exact) mass is 357 g/mol. The largest absolute Gasteiger partial charge is 0.460 e. The number of hydrogen-bond acceptors (Lipinski definition) is 3. The zero-order chi connectivity index (χ0) is 18.1. The second-order valence-electron chi connectivity index (χ2n) is 5.36. The van der Waals surface area contributed by atoms with Crippen LogP contribution in [0.5, 0.6) is 0 Å². The van der Waals surface area contributed by atoms with Gasteiger partial charge in [0.2, 0.25) is 0 Å². The highest BCUT2D eigenvalue weighted by molar-refractivity contribution is 6.63. The molecule has 0 saturated carbocycles. The molecule has 0 heterocycles. The summed E-state index contributed by atoms with van der Waals surface area (Å²) >= 11 is 5.81. The van der Waals surface area contributed by atoms with E-state index in [-0.39, 0.29) is 13.2 Å². The summed E-state index contributed by atoms with van der Waals surface area (Å²) in [4.78, 5) is 25.5. The molecule has 0 aliphatic rings. The number of rotatable bonds is 7. The van der Waals surface area contributed by atoms with Gasteiger partial charge >= 0.3 is 11.3 Å². The second kappa shape index (κ2) is 9.64. The van der Waals surface area contributed by atoms with Gasteiger partial charge in [-0.25, -0.2) is 0 Å². The first-order chi connectivity index (χ1) is 12.1. The second-order valence-corrected chi connectivity index (χ2v) is 5.68. The SMILES string of the molecule is C/C=C/COC(=O)CN(C(=O)Cl)C(c1ccccc1)c1ccccc1. The zero-order valence-corrected chi connectivity index (χ0v) is 14.7. The number of esters is 1. The van der Waals surface area contributed by atoms with Crippen LogP contribution in [-0.2, 0) is 9.53 Å². The lowest BCUT2D eigenvalue weighted by atomic mass is 9.97. The smallest absolute Gasteiger partial charge is 0.326 e. The minimum atomic E-state index is -0.708. The van der Waals surface area contributed by atoms with E-state index in [0.717, 1.165) is 11.1 Å². The first kappa shape index (κ1) is 18.7. The van der Waals surface area contributed by atoms with E-state index in [2.05, 4.69) is 0 Å². The molecule has 130 valence electrons. The van der Waals surface area contributed by atoms with Gasteiger partial charge in [0.15, 0.2) is 0 Å². The molecular weight excluding hydrogens is 338 g/mol. The average Bonchev–Trinajstić information content (AvgIpc) is 2.63. The van der Waals surface area contributed by atoms with Crippen LogP contribution >= 0.6 is 11.6 Å². The Hall–Kier alpha value is -2.59. The zero-order valence-electron chi connectivity index (χ0n) is 14.0. The minimum absolute atomic E-state index is 0.168. The lowest BCUT2D eigenvalue weighted by Crippen LogP contribution is -2.37. The molecule has 2 aromatic carbocycles. The number of carbonyl (C=O) groups is 2. The van der Waals surface area contributed by atoms with Crippen molar-refractivity contribution in [3.05, 3.63) is 83.9 Å². The van der Waals surface area contributed by atoms with Gasteiger partial charge < -0.3 is 9.64 Å². The van der Waals surface area contributed by atoms with E-state index >= 15 is 0 Å². The first-order valence-electron chi connectivity index (χ1n) is 7.96. The molecule has 2 aromatic rings. The number of nitrogens with zero attached hydrogens (tertiary/aromatic N) is 1. The number of ether oxygens (including phenoxy) is 1. The average molecular weight is 358 g/mol. The third kappa shape index (κ3) is 5.47. The Bertz CT molecular complexity index is 677. The maximum absolute atomic E-state index is 12.1. The standard InChI is InChI=1S/C20H20ClNO3/c1-2-3-14-25-18(23)15-22(20(21)24)19(16-10-6-4-7-11-16)17-12-8-5-9-13-17/h2-13,19H,14-15H2,1H3/b3-2+. The van der Waals surface area contributed by atoms with Crippen LogP contribution in [0, 0.1) is 0 Å². The molecule has 0 atom stereocenters. The molecule has 0 unspecified atom stereocenters. The van der Waals surface area contributed by atoms with E-state index < -0.39 is 17.4 Å². The number of amides is 1. The molecule has 0 bridgehead atoms. The fraction of sp³-hybridized carbons (Fsp3) is 0.200. The van der Waals surface area contributed by atoms with E-state index in [9.17, 15) is 9.59 Å². The Morgan fingerprint density at radius 1 is 1.04 bits per heavy atom. The van der Waals surface area contributed by atoms with Crippen LogP contribution in [0.4, 0.5) is 4.79 Å². The predicted octanol–water partition coefficient (Wildman–Crippen LogP) is 4.56. The van der Waals surface area contributed by atoms with E-state index in [1.807, 2.05) is 67.6 Å². The van der Waals surface area contributed by atoms with Gasteiger partial charge in [-0.05, 0) is 29.7 Å². The third-order valence-electron chi connectivity index (χ3n) is 3.64. The first-order valence-corrected chi connectivity index (χ1v) is 8.34. The molecule has 0 aliphatic heterocycles. The van der Waals surface area contributed by atoms with Crippen molar-refractivity contribution in [1.29, 1.82) is 0 Å². The summed E-state index contributed by atoms with van der Waals surface area (Å²) in [6.07, 6.45) is 3.51. The molecule has 1 amide bonds. The fourth-order valence-electron chi connectivity index (χ4n) is 2.50. The molecule has 0 aliphatic carbocycles. The molecule has 0 spiro atoms. The minimum Gasteiger partial charge on any atom is -0.460 e. The molecule has 0 N–H and O–H groups in total. The Labute approximate surface area is 152 Å². The lowest BCUT2D eigenvalue weighted by Gasteiger charge is -2.30. The quantitative estimate of drug-likeness (QED) is 0.316. The van der Waals surface area contributed by atoms with Crippen LogP contribution in [-0.4, -0.2) is 29.4 Å². The van der Waals surface area contributed by atoms with Gasteiger partial charge in [0.1, 0.15) is 13.2 Å². The Morgan fingerprint density at radius 2 is 1.56 bits per heavy atom. The Kier molecular flexibility index (Phi) is 7.23. The van der Waals surface area contributed by atoms with Crippen molar-refractivity contribution in [1.82, 2.24) is 4.90 Å². The maximum Gasteiger partial charge on any atom is 0.326 e. The number of hydrogen-bond donors (Lipinski definition) is 0. The van der Waals surface area contributed by atoms with Gasteiger partial charge in [0.05, 0.1) is 6.04 Å². The highest BCUT2D eigenvalue weighted by atomic mass is 35.5. The fourth-order valence-corrected chi connectivity index (χ4v) is 2.66. The summed E-state index contributed by atoms with van der Waals surface area (Å²) in [6, 6.07) is 18.4. The van der Waals surface area contributed by atoms with E-state index in [1.54, 1.807) is 12.2 Å². The van der Waals surface area contributed by atoms with Crippen LogP contribution < -0.4 is 0 Å². The van der Waals surface area contributed by atoms with Gasteiger partial charge in [-0.3, -0.25) is 9.59 Å². The van der Waals surface area contributed by atoms with Crippen LogP contribution in [0.15, 0.2) is 72.8 Å². The van der Waals surface area contributed by atoms with Crippen LogP contribution in [0.25, 0.3) is 0 Å². The number of halogens is 1. The number of allylic oxidation sites excluding steroid dienone is 1. The van der Waals surface area contributed by atoms with Crippen molar-refractivity contribution in [2.45, 2.75) is 13.0 Å². The van der Waals surface area contributed by atoms with E-state index in [1.165, 1.54) is 4.90 Å². The molecule has 2 rings (SSSR count). The summed E-state index contributed by atoms with van der Waals surface area (Å²) in [5.74, 6) is -0.510. The van der Waals surface area contributed by atoms with Crippen molar-refractivity contribution in [2.24, 2.45) is 0 Å². The summed E-state index contributed by atoms with van der Waals surface area (Å²) in [6.45, 7) is 1.78. The molecule has 0 saturated heterocycles. The van der Waals surface area contributed by atoms with Gasteiger partial charge in [0.25, 0.3) is 0 Å². The highest BCUT2D eigenvalue weighted by Gasteiger charge is 2.28. The molecule has 4 nitrogen and oxygen atoms in total. The van der Waals surface area contributed by atoms with Crippen molar-refractivity contribution < 1.29 is 14.3 Å². The molecule has 5 heteroatoms. The number of benzene rings is 2. The molecule has 0 radical (unpaired) electrons. The Morgan fingerprint density at radius 3 is 2.00 bits per heavy atom. The third-order valence-corrected chi connectivity index (χ3v) is 3.86. The molecule has 0 aromatic heterocycles. The number of carbonyl (C=O) groups excluding carboxylic acids is 2. The van der Waals surface area contributed by atoms with Crippen molar-refractivity contribution in [2.75, 3.05) is 13.2 Å².